The van der Waals surface area contributed by atoms with Crippen LogP contribution in [0.4, 0.5) is 11.4 Å². The van der Waals surface area contributed by atoms with E-state index in [2.05, 4.69) is 23.6 Å². The maximum atomic E-state index is 12.7. The van der Waals surface area contributed by atoms with E-state index < -0.39 is 0 Å². The van der Waals surface area contributed by atoms with E-state index in [4.69, 9.17) is 0 Å². The van der Waals surface area contributed by atoms with E-state index in [1.165, 1.54) is 9.80 Å². The summed E-state index contributed by atoms with van der Waals surface area (Å²) in [4.78, 5) is 27.6. The molecular formula is C24H31N5O2+2. The van der Waals surface area contributed by atoms with Crippen molar-refractivity contribution in [2.24, 2.45) is 0 Å². The van der Waals surface area contributed by atoms with Crippen LogP contribution in [0.1, 0.15) is 25.0 Å². The lowest BCUT2D eigenvalue weighted by Gasteiger charge is -2.32. The van der Waals surface area contributed by atoms with Gasteiger partial charge in [-0.3, -0.25) is 9.59 Å². The van der Waals surface area contributed by atoms with Crippen LogP contribution < -0.4 is 20.4 Å². The number of aryl methyl sites for hydroxylation is 1. The number of nitrogens with zero attached hydrogens (tertiary/aromatic N) is 1. The van der Waals surface area contributed by atoms with Crippen LogP contribution in [0.5, 0.6) is 0 Å². The molecule has 2 amide bonds. The number of anilines is 2. The zero-order valence-corrected chi connectivity index (χ0v) is 18.2. The molecule has 3 rings (SSSR count). The largest absolute Gasteiger partial charge is 0.321 e. The SMILES string of the molecule is CCc1ccccc1NC(=O)C[NH+]1CC[NH+]([C@H](C)C(=O)Nc2ccccc2C#N)CC1. The number of rotatable bonds is 7. The predicted molar refractivity (Wildman–Crippen MR) is 120 cm³/mol. The highest BCUT2D eigenvalue weighted by Crippen LogP contribution is 2.15. The monoisotopic (exact) mass is 421 g/mol. The van der Waals surface area contributed by atoms with Crippen LogP contribution in [0.2, 0.25) is 0 Å². The molecule has 162 valence electrons. The number of amides is 2. The number of quaternary nitrogens is 2. The van der Waals surface area contributed by atoms with Crippen LogP contribution in [-0.4, -0.2) is 50.6 Å². The molecule has 0 aromatic heterocycles. The maximum absolute atomic E-state index is 12.7. The van der Waals surface area contributed by atoms with E-state index in [1.54, 1.807) is 24.3 Å². The highest BCUT2D eigenvalue weighted by Gasteiger charge is 2.32. The number of carbonyl (C=O) groups is 2. The summed E-state index contributed by atoms with van der Waals surface area (Å²) in [5.41, 5.74) is 3.04. The van der Waals surface area contributed by atoms with Crippen molar-refractivity contribution in [2.75, 3.05) is 43.4 Å². The van der Waals surface area contributed by atoms with Crippen molar-refractivity contribution in [2.45, 2.75) is 26.3 Å². The Balaban J connectivity index is 1.48. The first kappa shape index (κ1) is 22.5. The molecule has 4 N–H and O–H groups in total. The molecule has 1 heterocycles. The molecule has 2 aromatic rings. The summed E-state index contributed by atoms with van der Waals surface area (Å²) in [7, 11) is 0. The minimum Gasteiger partial charge on any atom is -0.321 e. The van der Waals surface area contributed by atoms with Crippen LogP contribution in [0.15, 0.2) is 48.5 Å². The molecule has 0 saturated carbocycles. The number of carbonyl (C=O) groups excluding carboxylic acids is 2. The van der Waals surface area contributed by atoms with Gasteiger partial charge in [-0.25, -0.2) is 0 Å². The number of para-hydroxylation sites is 2. The first-order valence-electron chi connectivity index (χ1n) is 10.9. The fraction of sp³-hybridized carbons (Fsp3) is 0.375. The third-order valence-corrected chi connectivity index (χ3v) is 5.99. The summed E-state index contributed by atoms with van der Waals surface area (Å²) >= 11 is 0. The lowest BCUT2D eigenvalue weighted by molar-refractivity contribution is -1.01. The van der Waals surface area contributed by atoms with Gasteiger partial charge in [0.1, 0.15) is 32.2 Å². The average Bonchev–Trinajstić information content (AvgIpc) is 2.79. The second kappa shape index (κ2) is 10.7. The number of piperazine rings is 1. The molecule has 1 atom stereocenters. The Bertz CT molecular complexity index is 960. The van der Waals surface area contributed by atoms with E-state index in [9.17, 15) is 14.9 Å². The third-order valence-electron chi connectivity index (χ3n) is 5.99. The second-order valence-corrected chi connectivity index (χ2v) is 8.01. The van der Waals surface area contributed by atoms with Gasteiger partial charge in [-0.2, -0.15) is 5.26 Å². The maximum Gasteiger partial charge on any atom is 0.282 e. The molecule has 7 nitrogen and oxygen atoms in total. The molecule has 1 saturated heterocycles. The molecular weight excluding hydrogens is 390 g/mol. The predicted octanol–water partition coefficient (Wildman–Crippen LogP) is -0.130. The normalized spacial score (nSPS) is 19.1. The Labute approximate surface area is 183 Å². The van der Waals surface area contributed by atoms with E-state index in [-0.39, 0.29) is 17.9 Å². The van der Waals surface area contributed by atoms with Gasteiger partial charge < -0.3 is 20.4 Å². The number of nitriles is 1. The van der Waals surface area contributed by atoms with Crippen molar-refractivity contribution in [1.29, 1.82) is 5.26 Å². The number of hydrogen-bond donors (Lipinski definition) is 4. The molecule has 7 heteroatoms. The molecule has 31 heavy (non-hydrogen) atoms. The van der Waals surface area contributed by atoms with E-state index in [0.29, 0.717) is 17.8 Å². The van der Waals surface area contributed by atoms with Gasteiger partial charge in [0.25, 0.3) is 11.8 Å². The van der Waals surface area contributed by atoms with Crippen molar-refractivity contribution in [1.82, 2.24) is 0 Å². The van der Waals surface area contributed by atoms with Gasteiger partial charge in [-0.1, -0.05) is 37.3 Å². The smallest absolute Gasteiger partial charge is 0.282 e. The van der Waals surface area contributed by atoms with Gasteiger partial charge >= 0.3 is 0 Å². The second-order valence-electron chi connectivity index (χ2n) is 8.01. The van der Waals surface area contributed by atoms with Gasteiger partial charge in [-0.05, 0) is 37.1 Å². The Morgan fingerprint density at radius 1 is 1.00 bits per heavy atom. The quantitative estimate of drug-likeness (QED) is 0.502. The van der Waals surface area contributed by atoms with Gasteiger partial charge in [0.05, 0.1) is 11.3 Å². The topological polar surface area (TPSA) is 90.9 Å². The van der Waals surface area contributed by atoms with Crippen LogP contribution in [0.3, 0.4) is 0 Å². The standard InChI is InChI=1S/C24H29N5O2/c1-3-19-8-4-6-10-21(19)26-23(30)17-28-12-14-29(15-13-28)18(2)24(31)27-22-11-7-5-9-20(22)16-25/h4-11,18H,3,12-15,17H2,1-2H3,(H,26,30)(H,27,31)/p+2/t18-/m1/s1. The van der Waals surface area contributed by atoms with Crippen molar-refractivity contribution < 1.29 is 19.4 Å². The number of nitrogens with one attached hydrogen (secondary N) is 4. The zero-order valence-electron chi connectivity index (χ0n) is 18.2. The Hall–Kier alpha value is -3.21. The van der Waals surface area contributed by atoms with Crippen LogP contribution >= 0.6 is 0 Å². The molecule has 0 aliphatic carbocycles. The van der Waals surface area contributed by atoms with Gasteiger partial charge in [-0.15, -0.1) is 0 Å². The minimum absolute atomic E-state index is 0.0262. The first-order valence-corrected chi connectivity index (χ1v) is 10.9. The Kier molecular flexibility index (Phi) is 7.76. The van der Waals surface area contributed by atoms with Crippen molar-refractivity contribution in [3.63, 3.8) is 0 Å². The van der Waals surface area contributed by atoms with Gasteiger partial charge in [0, 0.05) is 5.69 Å². The Morgan fingerprint density at radius 3 is 2.32 bits per heavy atom. The molecule has 2 aromatic carbocycles. The summed E-state index contributed by atoms with van der Waals surface area (Å²) in [6.07, 6.45) is 0.879. The minimum atomic E-state index is -0.224. The highest BCUT2D eigenvalue weighted by atomic mass is 16.2. The van der Waals surface area contributed by atoms with Gasteiger partial charge in [0.2, 0.25) is 0 Å². The van der Waals surface area contributed by atoms with E-state index >= 15 is 0 Å². The summed E-state index contributed by atoms with van der Waals surface area (Å²) in [6.45, 7) is 7.75. The third kappa shape index (κ3) is 5.91. The molecule has 0 spiro atoms. The van der Waals surface area contributed by atoms with E-state index in [1.807, 2.05) is 31.2 Å². The molecule has 1 aliphatic rings. The highest BCUT2D eigenvalue weighted by molar-refractivity contribution is 5.94. The van der Waals surface area contributed by atoms with Crippen molar-refractivity contribution in [3.8, 4) is 6.07 Å². The summed E-state index contributed by atoms with van der Waals surface area (Å²) < 4.78 is 0. The molecule has 1 aliphatic heterocycles. The lowest BCUT2D eigenvalue weighted by atomic mass is 10.1. The number of benzene rings is 2. The fourth-order valence-corrected chi connectivity index (χ4v) is 4.02. The van der Waals surface area contributed by atoms with Crippen molar-refractivity contribution >= 4 is 23.2 Å². The molecule has 0 radical (unpaired) electrons. The summed E-state index contributed by atoms with van der Waals surface area (Å²) in [5, 5.41) is 15.1. The fourth-order valence-electron chi connectivity index (χ4n) is 4.02. The lowest BCUT2D eigenvalue weighted by Crippen LogP contribution is -3.30. The molecule has 0 unspecified atom stereocenters. The zero-order chi connectivity index (χ0) is 22.2. The van der Waals surface area contributed by atoms with Crippen LogP contribution in [-0.2, 0) is 16.0 Å². The van der Waals surface area contributed by atoms with Gasteiger partial charge in [0.15, 0.2) is 12.6 Å². The van der Waals surface area contributed by atoms with Crippen LogP contribution in [0, 0.1) is 11.3 Å². The molecule has 1 fully saturated rings. The van der Waals surface area contributed by atoms with Crippen LogP contribution in [0.25, 0.3) is 0 Å². The number of hydrogen-bond acceptors (Lipinski definition) is 3. The van der Waals surface area contributed by atoms with Crippen molar-refractivity contribution in [3.05, 3.63) is 59.7 Å². The first-order chi connectivity index (χ1) is 15.0. The average molecular weight is 422 g/mol. The van der Waals surface area contributed by atoms with E-state index in [0.717, 1.165) is 43.9 Å². The Morgan fingerprint density at radius 2 is 1.65 bits per heavy atom. The summed E-state index contributed by atoms with van der Waals surface area (Å²) in [5.74, 6) is -0.0617. The summed E-state index contributed by atoms with van der Waals surface area (Å²) in [6, 6.07) is 16.8. The molecule has 0 bridgehead atoms.